The molecule has 2 rings (SSSR count). The van der Waals surface area contributed by atoms with Gasteiger partial charge in [-0.25, -0.2) is 0 Å². The molecule has 1 aliphatic heterocycles. The highest BCUT2D eigenvalue weighted by Crippen LogP contribution is 2.22. The first kappa shape index (κ1) is 6.11. The van der Waals surface area contributed by atoms with Crippen molar-refractivity contribution < 1.29 is 5.11 Å². The number of benzene rings is 1. The van der Waals surface area contributed by atoms with Gasteiger partial charge in [0.2, 0.25) is 0 Å². The molecule has 0 aliphatic carbocycles. The Morgan fingerprint density at radius 3 is 3.27 bits per heavy atom. The third kappa shape index (κ3) is 1.01. The fourth-order valence-electron chi connectivity index (χ4n) is 1.10. The molecule has 0 fully saturated rings. The lowest BCUT2D eigenvalue weighted by atomic mass is 10.1. The SMILES string of the molecule is Oc1ccc2c(c1)CC#CN2. The van der Waals surface area contributed by atoms with Gasteiger partial charge in [-0.1, -0.05) is 5.92 Å². The molecule has 1 aliphatic rings. The molecule has 2 heteroatoms. The van der Waals surface area contributed by atoms with Gasteiger partial charge in [0.05, 0.1) is 5.69 Å². The smallest absolute Gasteiger partial charge is 0.116 e. The summed E-state index contributed by atoms with van der Waals surface area (Å²) in [6.45, 7) is 0. The molecular formula is C9H7NO. The van der Waals surface area contributed by atoms with Crippen LogP contribution in [-0.2, 0) is 6.42 Å². The van der Waals surface area contributed by atoms with Crippen LogP contribution < -0.4 is 5.32 Å². The van der Waals surface area contributed by atoms with E-state index in [0.29, 0.717) is 5.75 Å². The maximum atomic E-state index is 9.11. The van der Waals surface area contributed by atoms with Crippen LogP contribution in [0.2, 0.25) is 0 Å². The summed E-state index contributed by atoms with van der Waals surface area (Å²) in [6, 6.07) is 7.99. The molecule has 0 atom stereocenters. The van der Waals surface area contributed by atoms with Crippen molar-refractivity contribution in [3.63, 3.8) is 0 Å². The van der Waals surface area contributed by atoms with E-state index in [9.17, 15) is 0 Å². The van der Waals surface area contributed by atoms with Gasteiger partial charge in [-0.3, -0.25) is 0 Å². The van der Waals surface area contributed by atoms with Gasteiger partial charge in [-0.05, 0) is 23.8 Å². The van der Waals surface area contributed by atoms with Gasteiger partial charge in [0.15, 0.2) is 0 Å². The lowest BCUT2D eigenvalue weighted by molar-refractivity contribution is 0.475. The number of hydrogen-bond acceptors (Lipinski definition) is 2. The number of phenols is 1. The van der Waals surface area contributed by atoms with Crippen LogP contribution in [0, 0.1) is 12.0 Å². The lowest BCUT2D eigenvalue weighted by Gasteiger charge is -2.08. The minimum atomic E-state index is 0.300. The zero-order chi connectivity index (χ0) is 7.68. The zero-order valence-corrected chi connectivity index (χ0v) is 5.89. The summed E-state index contributed by atoms with van der Waals surface area (Å²) < 4.78 is 0. The molecule has 0 saturated carbocycles. The van der Waals surface area contributed by atoms with Gasteiger partial charge in [-0.15, -0.1) is 0 Å². The Kier molecular flexibility index (Phi) is 1.23. The minimum absolute atomic E-state index is 0.300. The first-order chi connectivity index (χ1) is 5.36. The predicted molar refractivity (Wildman–Crippen MR) is 43.2 cm³/mol. The fourth-order valence-corrected chi connectivity index (χ4v) is 1.10. The number of aromatic hydroxyl groups is 1. The Balaban J connectivity index is 2.51. The molecule has 1 aromatic rings. The Morgan fingerprint density at radius 1 is 1.45 bits per heavy atom. The normalized spacial score (nSPS) is 12.4. The largest absolute Gasteiger partial charge is 0.508 e. The first-order valence-electron chi connectivity index (χ1n) is 3.42. The molecular weight excluding hydrogens is 138 g/mol. The van der Waals surface area contributed by atoms with Gasteiger partial charge < -0.3 is 10.4 Å². The van der Waals surface area contributed by atoms with Crippen molar-refractivity contribution >= 4 is 5.69 Å². The lowest BCUT2D eigenvalue weighted by Crippen LogP contribution is -1.99. The predicted octanol–water partition coefficient (Wildman–Crippen LogP) is 1.32. The summed E-state index contributed by atoms with van der Waals surface area (Å²) in [6.07, 6.45) is 0.719. The number of rotatable bonds is 0. The van der Waals surface area contributed by atoms with Crippen LogP contribution in [0.5, 0.6) is 5.75 Å². The minimum Gasteiger partial charge on any atom is -0.508 e. The van der Waals surface area contributed by atoms with E-state index >= 15 is 0 Å². The Morgan fingerprint density at radius 2 is 2.36 bits per heavy atom. The summed E-state index contributed by atoms with van der Waals surface area (Å²) in [5, 5.41) is 12.0. The van der Waals surface area contributed by atoms with Crippen molar-refractivity contribution in [3.8, 4) is 17.7 Å². The second-order valence-electron chi connectivity index (χ2n) is 2.45. The Labute approximate surface area is 64.9 Å². The molecule has 0 saturated heterocycles. The van der Waals surface area contributed by atoms with Crippen LogP contribution in [0.25, 0.3) is 0 Å². The van der Waals surface area contributed by atoms with Gasteiger partial charge in [0, 0.05) is 12.5 Å². The monoisotopic (exact) mass is 145 g/mol. The summed E-state index contributed by atoms with van der Waals surface area (Å²) in [4.78, 5) is 0. The van der Waals surface area contributed by atoms with Gasteiger partial charge >= 0.3 is 0 Å². The number of anilines is 1. The van der Waals surface area contributed by atoms with Crippen LogP contribution in [0.1, 0.15) is 5.56 Å². The van der Waals surface area contributed by atoms with Crippen LogP contribution >= 0.6 is 0 Å². The summed E-state index contributed by atoms with van der Waals surface area (Å²) >= 11 is 0. The molecule has 2 nitrogen and oxygen atoms in total. The first-order valence-corrected chi connectivity index (χ1v) is 3.42. The van der Waals surface area contributed by atoms with E-state index in [2.05, 4.69) is 17.3 Å². The van der Waals surface area contributed by atoms with Crippen molar-refractivity contribution in [1.82, 2.24) is 0 Å². The number of phenolic OH excluding ortho intramolecular Hbond substituents is 1. The standard InChI is InChI=1S/C9H7NO/c11-8-3-4-9-7(6-8)2-1-5-10-9/h3-4,6,10-11H,2H2. The third-order valence-corrected chi connectivity index (χ3v) is 1.65. The topological polar surface area (TPSA) is 32.3 Å². The van der Waals surface area contributed by atoms with Crippen LogP contribution in [-0.4, -0.2) is 5.11 Å². The van der Waals surface area contributed by atoms with E-state index in [1.165, 1.54) is 0 Å². The van der Waals surface area contributed by atoms with E-state index in [1.54, 1.807) is 12.1 Å². The van der Waals surface area contributed by atoms with E-state index in [0.717, 1.165) is 17.7 Å². The molecule has 11 heavy (non-hydrogen) atoms. The van der Waals surface area contributed by atoms with Gasteiger partial charge in [-0.2, -0.15) is 0 Å². The third-order valence-electron chi connectivity index (χ3n) is 1.65. The van der Waals surface area contributed by atoms with Crippen molar-refractivity contribution in [2.24, 2.45) is 0 Å². The molecule has 1 heterocycles. The highest BCUT2D eigenvalue weighted by atomic mass is 16.3. The quantitative estimate of drug-likeness (QED) is 0.426. The van der Waals surface area contributed by atoms with Crippen LogP contribution in [0.15, 0.2) is 18.2 Å². The van der Waals surface area contributed by atoms with Crippen molar-refractivity contribution in [3.05, 3.63) is 23.8 Å². The van der Waals surface area contributed by atoms with Crippen LogP contribution in [0.3, 0.4) is 0 Å². The molecule has 2 N–H and O–H groups in total. The highest BCUT2D eigenvalue weighted by Gasteiger charge is 2.03. The summed E-state index contributed by atoms with van der Waals surface area (Å²) in [5.41, 5.74) is 2.06. The Bertz CT molecular complexity index is 346. The van der Waals surface area contributed by atoms with Gasteiger partial charge in [0.1, 0.15) is 5.75 Å². The Hall–Kier alpha value is -1.62. The number of hydrogen-bond donors (Lipinski definition) is 2. The second kappa shape index (κ2) is 2.21. The van der Waals surface area contributed by atoms with Crippen molar-refractivity contribution in [2.45, 2.75) is 6.42 Å². The number of nitrogens with one attached hydrogen (secondary N) is 1. The molecule has 0 spiro atoms. The van der Waals surface area contributed by atoms with E-state index in [4.69, 9.17) is 5.11 Å². The fraction of sp³-hybridized carbons (Fsp3) is 0.111. The molecule has 54 valence electrons. The van der Waals surface area contributed by atoms with Crippen LogP contribution in [0.4, 0.5) is 5.69 Å². The van der Waals surface area contributed by atoms with E-state index in [-0.39, 0.29) is 0 Å². The molecule has 0 bridgehead atoms. The average Bonchev–Trinajstić information content (AvgIpc) is 2.04. The molecule has 0 amide bonds. The van der Waals surface area contributed by atoms with E-state index in [1.807, 2.05) is 6.07 Å². The molecule has 0 radical (unpaired) electrons. The summed E-state index contributed by atoms with van der Waals surface area (Å²) in [5.74, 6) is 3.20. The summed E-state index contributed by atoms with van der Waals surface area (Å²) in [7, 11) is 0. The number of fused-ring (bicyclic) bond motifs is 1. The average molecular weight is 145 g/mol. The van der Waals surface area contributed by atoms with Crippen molar-refractivity contribution in [2.75, 3.05) is 5.32 Å². The second-order valence-corrected chi connectivity index (χ2v) is 2.45. The maximum absolute atomic E-state index is 9.11. The maximum Gasteiger partial charge on any atom is 0.116 e. The van der Waals surface area contributed by atoms with Crippen molar-refractivity contribution in [1.29, 1.82) is 0 Å². The highest BCUT2D eigenvalue weighted by molar-refractivity contribution is 5.60. The molecule has 0 unspecified atom stereocenters. The van der Waals surface area contributed by atoms with Gasteiger partial charge in [0.25, 0.3) is 0 Å². The molecule has 0 aromatic heterocycles. The van der Waals surface area contributed by atoms with E-state index < -0.39 is 0 Å². The zero-order valence-electron chi connectivity index (χ0n) is 5.89. The molecule has 1 aromatic carbocycles.